The molecule has 24 heavy (non-hydrogen) atoms. The number of fused-ring (bicyclic) bond motifs is 3. The van der Waals surface area contributed by atoms with Gasteiger partial charge in [-0.3, -0.25) is 5.32 Å². The van der Waals surface area contributed by atoms with Gasteiger partial charge in [0.2, 0.25) is 0 Å². The van der Waals surface area contributed by atoms with Gasteiger partial charge in [0, 0.05) is 10.8 Å². The van der Waals surface area contributed by atoms with Gasteiger partial charge in [0.15, 0.2) is 10.7 Å². The zero-order valence-corrected chi connectivity index (χ0v) is 14.7. The van der Waals surface area contributed by atoms with E-state index in [2.05, 4.69) is 10.3 Å². The van der Waals surface area contributed by atoms with Crippen LogP contribution in [0.3, 0.4) is 0 Å². The summed E-state index contributed by atoms with van der Waals surface area (Å²) in [6.07, 6.45) is 9.57. The first-order chi connectivity index (χ1) is 11.6. The lowest BCUT2D eigenvalue weighted by molar-refractivity contribution is -0.0796. The van der Waals surface area contributed by atoms with Crippen LogP contribution in [0.1, 0.15) is 55.5 Å². The second-order valence-electron chi connectivity index (χ2n) is 7.97. The van der Waals surface area contributed by atoms with Crippen molar-refractivity contribution in [3.05, 3.63) is 10.6 Å². The number of aromatic nitrogens is 1. The Morgan fingerprint density at radius 1 is 1.25 bits per heavy atom. The summed E-state index contributed by atoms with van der Waals surface area (Å²) in [7, 11) is 6.56. The molecular weight excluding hydrogens is 319 g/mol. The maximum Gasteiger partial charge on any atom is 0.293 e. The van der Waals surface area contributed by atoms with Crippen LogP contribution in [0.5, 0.6) is 0 Å². The van der Waals surface area contributed by atoms with E-state index in [1.54, 1.807) is 11.3 Å². The number of amidine groups is 1. The minimum Gasteiger partial charge on any atom is -0.454 e. The number of aryl methyl sites for hydroxylation is 2. The second kappa shape index (κ2) is 5.21. The molecule has 1 aromatic heterocycles. The van der Waals surface area contributed by atoms with Crippen molar-refractivity contribution in [2.24, 2.45) is 16.6 Å². The number of anilines is 1. The Morgan fingerprint density at radius 3 is 2.79 bits per heavy atom. The molecule has 0 aromatic carbocycles. The van der Waals surface area contributed by atoms with Crippen molar-refractivity contribution in [2.75, 3.05) is 5.32 Å². The highest BCUT2D eigenvalue weighted by atomic mass is 32.1. The third-order valence-electron chi connectivity index (χ3n) is 6.40. The van der Waals surface area contributed by atoms with Gasteiger partial charge in [-0.25, -0.2) is 9.98 Å². The fourth-order valence-electron chi connectivity index (χ4n) is 5.08. The zero-order chi connectivity index (χ0) is 16.4. The maximum atomic E-state index is 6.56. The fraction of sp³-hybridized carbons (Fsp3) is 0.765. The Morgan fingerprint density at radius 2 is 2.04 bits per heavy atom. The first-order valence-electron chi connectivity index (χ1n) is 9.13. The third kappa shape index (κ3) is 2.24. The number of nitrogens with one attached hydrogen (secondary N) is 1. The molecule has 1 aromatic rings. The molecule has 3 fully saturated rings. The number of ether oxygens (including phenoxy) is 1. The molecule has 5 aliphatic rings. The van der Waals surface area contributed by atoms with Crippen molar-refractivity contribution in [3.8, 4) is 0 Å². The molecule has 126 valence electrons. The van der Waals surface area contributed by atoms with Crippen LogP contribution in [0.2, 0.25) is 5.31 Å². The van der Waals surface area contributed by atoms with Gasteiger partial charge in [0.1, 0.15) is 6.17 Å². The largest absolute Gasteiger partial charge is 0.454 e. The van der Waals surface area contributed by atoms with Crippen molar-refractivity contribution in [2.45, 2.75) is 74.9 Å². The lowest BCUT2D eigenvalue weighted by Gasteiger charge is -2.55. The van der Waals surface area contributed by atoms with E-state index in [-0.39, 0.29) is 11.5 Å². The normalized spacial score (nSPS) is 40.3. The van der Waals surface area contributed by atoms with Gasteiger partial charge in [-0.15, -0.1) is 11.3 Å². The molecule has 4 aliphatic carbocycles. The highest BCUT2D eigenvalue weighted by Crippen LogP contribution is 2.60. The number of hydrogen-bond acceptors (Lipinski definition) is 6. The first-order valence-corrected chi connectivity index (χ1v) is 9.95. The number of nitrogens with two attached hydrogens (primary N) is 1. The smallest absolute Gasteiger partial charge is 0.293 e. The van der Waals surface area contributed by atoms with Gasteiger partial charge in [0.05, 0.1) is 13.5 Å². The summed E-state index contributed by atoms with van der Waals surface area (Å²) in [5.74, 6) is 0.463. The van der Waals surface area contributed by atoms with Crippen molar-refractivity contribution in [1.29, 1.82) is 0 Å². The number of hydrogen-bond donors (Lipinski definition) is 2. The lowest BCUT2D eigenvalue weighted by Crippen LogP contribution is -2.58. The third-order valence-corrected chi connectivity index (χ3v) is 7.48. The topological polar surface area (TPSA) is 72.5 Å². The fourth-order valence-corrected chi connectivity index (χ4v) is 6.11. The Kier molecular flexibility index (Phi) is 3.30. The van der Waals surface area contributed by atoms with Crippen molar-refractivity contribution >= 4 is 30.3 Å². The van der Waals surface area contributed by atoms with Gasteiger partial charge in [0.25, 0.3) is 6.02 Å². The lowest BCUT2D eigenvalue weighted by atomic mass is 9.46. The molecule has 0 saturated heterocycles. The Hall–Kier alpha value is -1.08. The number of thiazole rings is 1. The molecule has 3 N–H and O–H groups in total. The Bertz CT molecular complexity index is 673. The highest BCUT2D eigenvalue weighted by molar-refractivity contribution is 7.15. The summed E-state index contributed by atoms with van der Waals surface area (Å²) in [5.41, 5.74) is 7.23. The summed E-state index contributed by atoms with van der Waals surface area (Å²) in [6, 6.07) is 0.532. The van der Waals surface area contributed by atoms with Crippen LogP contribution in [0, 0.1) is 5.92 Å². The zero-order valence-electron chi connectivity index (χ0n) is 13.9. The second-order valence-corrected chi connectivity index (χ2v) is 9.05. The Labute approximate surface area is 147 Å². The average Bonchev–Trinajstić information content (AvgIpc) is 3.08. The van der Waals surface area contributed by atoms with Crippen molar-refractivity contribution in [1.82, 2.24) is 4.98 Å². The van der Waals surface area contributed by atoms with Gasteiger partial charge in [-0.05, 0) is 44.9 Å². The minimum atomic E-state index is -0.412. The molecule has 2 atom stereocenters. The SMILES string of the molecule is [B]C12CCC(CC1)[C@@]1(C2)OC(Nc2nc3c(s2)CCCC3)=NC1N. The van der Waals surface area contributed by atoms with E-state index in [0.29, 0.717) is 11.9 Å². The molecule has 1 spiro atoms. The van der Waals surface area contributed by atoms with E-state index >= 15 is 0 Å². The van der Waals surface area contributed by atoms with Gasteiger partial charge in [-0.2, -0.15) is 0 Å². The molecule has 1 unspecified atom stereocenters. The molecule has 7 heteroatoms. The van der Waals surface area contributed by atoms with E-state index < -0.39 is 5.60 Å². The summed E-state index contributed by atoms with van der Waals surface area (Å²) in [5, 5.41) is 4.04. The Balaban J connectivity index is 1.36. The predicted octanol–water partition coefficient (Wildman–Crippen LogP) is 2.76. The predicted molar refractivity (Wildman–Crippen MR) is 96.6 cm³/mol. The van der Waals surface area contributed by atoms with Gasteiger partial charge < -0.3 is 10.5 Å². The molecule has 2 radical (unpaired) electrons. The average molecular weight is 342 g/mol. The van der Waals surface area contributed by atoms with E-state index in [0.717, 1.165) is 50.1 Å². The first kappa shape index (κ1) is 15.2. The molecule has 2 bridgehead atoms. The van der Waals surface area contributed by atoms with Crippen LogP contribution in [-0.4, -0.2) is 30.6 Å². The summed E-state index contributed by atoms with van der Waals surface area (Å²) in [4.78, 5) is 10.7. The molecule has 2 heterocycles. The maximum absolute atomic E-state index is 6.56. The molecular formula is C17H23BN4OS. The van der Waals surface area contributed by atoms with Crippen LogP contribution in [0.15, 0.2) is 4.99 Å². The quantitative estimate of drug-likeness (QED) is 0.770. The summed E-state index contributed by atoms with van der Waals surface area (Å²) in [6.45, 7) is 0. The van der Waals surface area contributed by atoms with Crippen molar-refractivity contribution < 1.29 is 4.74 Å². The van der Waals surface area contributed by atoms with E-state index in [9.17, 15) is 0 Å². The van der Waals surface area contributed by atoms with E-state index in [4.69, 9.17) is 23.3 Å². The van der Waals surface area contributed by atoms with Crippen LogP contribution in [-0.2, 0) is 17.6 Å². The molecule has 0 amide bonds. The summed E-state index contributed by atoms with van der Waals surface area (Å²) >= 11 is 1.72. The monoisotopic (exact) mass is 342 g/mol. The van der Waals surface area contributed by atoms with E-state index in [1.165, 1.54) is 23.4 Å². The number of rotatable bonds is 1. The molecule has 6 rings (SSSR count). The van der Waals surface area contributed by atoms with Gasteiger partial charge >= 0.3 is 0 Å². The summed E-state index contributed by atoms with van der Waals surface area (Å²) < 4.78 is 6.34. The van der Waals surface area contributed by atoms with E-state index in [1.807, 2.05) is 0 Å². The van der Waals surface area contributed by atoms with Crippen LogP contribution in [0.4, 0.5) is 5.13 Å². The minimum absolute atomic E-state index is 0.127. The highest BCUT2D eigenvalue weighted by Gasteiger charge is 2.59. The number of aliphatic imine (C=N–C) groups is 1. The van der Waals surface area contributed by atoms with Gasteiger partial charge in [-0.1, -0.05) is 18.2 Å². The van der Waals surface area contributed by atoms with Crippen LogP contribution in [0.25, 0.3) is 0 Å². The van der Waals surface area contributed by atoms with Crippen LogP contribution >= 0.6 is 11.3 Å². The standard InChI is InChI=1S/C17H23BN4OS/c18-16-7-5-10(6-8-16)17(9-16)13(19)21-14(23-17)22-15-20-11-3-1-2-4-12(11)24-15/h10,13H,1-9,19H2,(H,20,21,22)/t10?,13?,16?,17-/m1/s1. The van der Waals surface area contributed by atoms with Crippen LogP contribution < -0.4 is 11.1 Å². The molecule has 5 nitrogen and oxygen atoms in total. The number of nitrogens with zero attached hydrogens (tertiary/aromatic N) is 2. The van der Waals surface area contributed by atoms with Crippen molar-refractivity contribution in [3.63, 3.8) is 0 Å². The molecule has 1 aliphatic heterocycles. The molecule has 3 saturated carbocycles.